The van der Waals surface area contributed by atoms with Crippen molar-refractivity contribution in [2.75, 3.05) is 18.0 Å². The zero-order chi connectivity index (χ0) is 18.8. The lowest BCUT2D eigenvalue weighted by molar-refractivity contribution is -0.124. The predicted molar refractivity (Wildman–Crippen MR) is 99.8 cm³/mol. The van der Waals surface area contributed by atoms with Gasteiger partial charge in [0, 0.05) is 24.3 Å². The van der Waals surface area contributed by atoms with Gasteiger partial charge in [-0.05, 0) is 48.7 Å². The number of hydrogen-bond donors (Lipinski definition) is 0. The van der Waals surface area contributed by atoms with Crippen molar-refractivity contribution in [1.29, 1.82) is 0 Å². The fraction of sp³-hybridized carbons (Fsp3) is 0.333. The van der Waals surface area contributed by atoms with E-state index in [4.69, 9.17) is 0 Å². The highest BCUT2D eigenvalue weighted by molar-refractivity contribution is 6.03. The first-order valence-electron chi connectivity index (χ1n) is 8.86. The Labute approximate surface area is 153 Å². The molecule has 3 rings (SSSR count). The van der Waals surface area contributed by atoms with Crippen LogP contribution in [0, 0.1) is 5.82 Å². The Hall–Kier alpha value is -2.69. The molecule has 0 N–H and O–H groups in total. The number of anilines is 1. The van der Waals surface area contributed by atoms with Crippen molar-refractivity contribution in [3.63, 3.8) is 0 Å². The molecular weight excluding hydrogens is 331 g/mol. The van der Waals surface area contributed by atoms with E-state index < -0.39 is 11.9 Å². The van der Waals surface area contributed by atoms with Gasteiger partial charge in [0.1, 0.15) is 11.9 Å². The van der Waals surface area contributed by atoms with Gasteiger partial charge >= 0.3 is 0 Å². The zero-order valence-electron chi connectivity index (χ0n) is 15.3. The van der Waals surface area contributed by atoms with Crippen LogP contribution in [0.5, 0.6) is 0 Å². The smallest absolute Gasteiger partial charge is 0.254 e. The number of carbonyl (C=O) groups excluding carboxylic acids is 2. The first-order chi connectivity index (χ1) is 12.4. The third kappa shape index (κ3) is 3.47. The van der Waals surface area contributed by atoms with Crippen molar-refractivity contribution in [2.24, 2.45) is 0 Å². The van der Waals surface area contributed by atoms with Gasteiger partial charge in [-0.1, -0.05) is 32.0 Å². The predicted octanol–water partition coefficient (Wildman–Crippen LogP) is 3.83. The van der Waals surface area contributed by atoms with Gasteiger partial charge in [-0.25, -0.2) is 4.39 Å². The van der Waals surface area contributed by atoms with Gasteiger partial charge in [0.25, 0.3) is 5.91 Å². The highest BCUT2D eigenvalue weighted by Gasteiger charge is 2.35. The molecule has 0 aliphatic carbocycles. The average molecular weight is 354 g/mol. The molecule has 2 amide bonds. The van der Waals surface area contributed by atoms with E-state index in [2.05, 4.69) is 13.8 Å². The van der Waals surface area contributed by atoms with Crippen LogP contribution >= 0.6 is 0 Å². The van der Waals surface area contributed by atoms with E-state index in [-0.39, 0.29) is 17.4 Å². The summed E-state index contributed by atoms with van der Waals surface area (Å²) in [5, 5.41) is 0. The number of halogens is 1. The molecule has 2 aromatic rings. The number of nitrogens with zero attached hydrogens (tertiary/aromatic N) is 2. The van der Waals surface area contributed by atoms with Crippen LogP contribution in [0.4, 0.5) is 10.1 Å². The third-order valence-electron chi connectivity index (χ3n) is 4.86. The van der Waals surface area contributed by atoms with E-state index in [1.54, 1.807) is 17.9 Å². The molecular formula is C21H23FN2O2. The Balaban J connectivity index is 1.77. The summed E-state index contributed by atoms with van der Waals surface area (Å²) in [6, 6.07) is 12.9. The molecule has 1 heterocycles. The quantitative estimate of drug-likeness (QED) is 0.841. The van der Waals surface area contributed by atoms with Crippen LogP contribution < -0.4 is 4.90 Å². The molecule has 0 aromatic heterocycles. The van der Waals surface area contributed by atoms with Gasteiger partial charge in [-0.15, -0.1) is 0 Å². The van der Waals surface area contributed by atoms with Crippen molar-refractivity contribution in [3.05, 3.63) is 65.5 Å². The molecule has 26 heavy (non-hydrogen) atoms. The standard InChI is InChI=1S/C21H23FN2O2/c1-14(2)16-7-9-19(10-8-16)24-12-11-23(15(3)20(24)25)21(26)17-5-4-6-18(22)13-17/h4-10,13-15H,11-12H2,1-3H3/t15-/m0/s1. The van der Waals surface area contributed by atoms with Gasteiger partial charge in [-0.2, -0.15) is 0 Å². The van der Waals surface area contributed by atoms with E-state index >= 15 is 0 Å². The van der Waals surface area contributed by atoms with Crippen LogP contribution in [0.25, 0.3) is 0 Å². The molecule has 0 bridgehead atoms. The highest BCUT2D eigenvalue weighted by atomic mass is 19.1. The molecule has 1 aliphatic heterocycles. The Kier molecular flexibility index (Phi) is 5.07. The maximum atomic E-state index is 13.4. The minimum Gasteiger partial charge on any atom is -0.325 e. The van der Waals surface area contributed by atoms with Crippen molar-refractivity contribution >= 4 is 17.5 Å². The van der Waals surface area contributed by atoms with E-state index in [1.165, 1.54) is 28.7 Å². The minimum absolute atomic E-state index is 0.127. The lowest BCUT2D eigenvalue weighted by Crippen LogP contribution is -2.57. The molecule has 1 fully saturated rings. The van der Waals surface area contributed by atoms with Crippen molar-refractivity contribution in [2.45, 2.75) is 32.7 Å². The fourth-order valence-corrected chi connectivity index (χ4v) is 3.23. The van der Waals surface area contributed by atoms with Crippen molar-refractivity contribution in [3.8, 4) is 0 Å². The largest absolute Gasteiger partial charge is 0.325 e. The average Bonchev–Trinajstić information content (AvgIpc) is 2.63. The number of piperazine rings is 1. The van der Waals surface area contributed by atoms with E-state index in [9.17, 15) is 14.0 Å². The van der Waals surface area contributed by atoms with E-state index in [0.29, 0.717) is 19.0 Å². The van der Waals surface area contributed by atoms with Crippen molar-refractivity contribution < 1.29 is 14.0 Å². The summed E-state index contributed by atoms with van der Waals surface area (Å²) in [6.45, 7) is 6.80. The van der Waals surface area contributed by atoms with E-state index in [0.717, 1.165) is 5.69 Å². The molecule has 2 aromatic carbocycles. The summed E-state index contributed by atoms with van der Waals surface area (Å²) in [5.41, 5.74) is 2.32. The fourth-order valence-electron chi connectivity index (χ4n) is 3.23. The van der Waals surface area contributed by atoms with Crippen LogP contribution in [-0.2, 0) is 4.79 Å². The van der Waals surface area contributed by atoms with Crippen LogP contribution in [-0.4, -0.2) is 35.8 Å². The van der Waals surface area contributed by atoms with Gasteiger partial charge in [-0.3, -0.25) is 9.59 Å². The Morgan fingerprint density at radius 2 is 1.81 bits per heavy atom. The SMILES string of the molecule is CC(C)c1ccc(N2CCN(C(=O)c3cccc(F)c3)[C@@H](C)C2=O)cc1. The Bertz CT molecular complexity index is 817. The Morgan fingerprint density at radius 1 is 1.12 bits per heavy atom. The molecule has 0 saturated carbocycles. The molecule has 0 radical (unpaired) electrons. The summed E-state index contributed by atoms with van der Waals surface area (Å²) in [4.78, 5) is 28.7. The molecule has 1 aliphatic rings. The van der Waals surface area contributed by atoms with Gasteiger partial charge in [0.15, 0.2) is 0 Å². The number of hydrogen-bond acceptors (Lipinski definition) is 2. The molecule has 0 unspecified atom stereocenters. The first-order valence-corrected chi connectivity index (χ1v) is 8.86. The van der Waals surface area contributed by atoms with Crippen LogP contribution in [0.15, 0.2) is 48.5 Å². The van der Waals surface area contributed by atoms with Crippen LogP contribution in [0.1, 0.15) is 42.6 Å². The van der Waals surface area contributed by atoms with Crippen molar-refractivity contribution in [1.82, 2.24) is 4.90 Å². The molecule has 4 nitrogen and oxygen atoms in total. The summed E-state index contributed by atoms with van der Waals surface area (Å²) in [7, 11) is 0. The van der Waals surface area contributed by atoms with E-state index in [1.807, 2.05) is 24.3 Å². The number of carbonyl (C=O) groups is 2. The maximum Gasteiger partial charge on any atom is 0.254 e. The second-order valence-electron chi connectivity index (χ2n) is 6.92. The second kappa shape index (κ2) is 7.28. The maximum absolute atomic E-state index is 13.4. The zero-order valence-corrected chi connectivity index (χ0v) is 15.3. The topological polar surface area (TPSA) is 40.6 Å². The first kappa shape index (κ1) is 18.1. The third-order valence-corrected chi connectivity index (χ3v) is 4.86. The lowest BCUT2D eigenvalue weighted by Gasteiger charge is -2.39. The number of rotatable bonds is 3. The second-order valence-corrected chi connectivity index (χ2v) is 6.92. The number of amides is 2. The summed E-state index contributed by atoms with van der Waals surface area (Å²) >= 11 is 0. The lowest BCUT2D eigenvalue weighted by atomic mass is 10.0. The molecule has 1 atom stereocenters. The summed E-state index contributed by atoms with van der Waals surface area (Å²) < 4.78 is 13.4. The molecule has 5 heteroatoms. The molecule has 1 saturated heterocycles. The monoisotopic (exact) mass is 354 g/mol. The number of benzene rings is 2. The van der Waals surface area contributed by atoms with Gasteiger partial charge in [0.2, 0.25) is 5.91 Å². The van der Waals surface area contributed by atoms with Crippen LogP contribution in [0.2, 0.25) is 0 Å². The van der Waals surface area contributed by atoms with Gasteiger partial charge < -0.3 is 9.80 Å². The summed E-state index contributed by atoms with van der Waals surface area (Å²) in [6.07, 6.45) is 0. The summed E-state index contributed by atoms with van der Waals surface area (Å²) in [5.74, 6) is -0.475. The van der Waals surface area contributed by atoms with Gasteiger partial charge in [0.05, 0.1) is 0 Å². The molecule has 0 spiro atoms. The normalized spacial score (nSPS) is 17.7. The highest BCUT2D eigenvalue weighted by Crippen LogP contribution is 2.24. The minimum atomic E-state index is -0.593. The molecule has 136 valence electrons. The Morgan fingerprint density at radius 3 is 2.42 bits per heavy atom. The van der Waals surface area contributed by atoms with Crippen LogP contribution in [0.3, 0.4) is 0 Å².